The number of amides is 2. The van der Waals surface area contributed by atoms with Crippen molar-refractivity contribution in [1.29, 1.82) is 0 Å². The number of phosphoric acid groups is 3. The summed E-state index contributed by atoms with van der Waals surface area (Å²) in [4.78, 5) is 88.1. The molecule has 0 aliphatic carbocycles. The van der Waals surface area contributed by atoms with Gasteiger partial charge in [0, 0.05) is 37.1 Å². The number of hydrogen-bond donors (Lipinski definition) is 10. The monoisotopic (exact) mass is 989 g/mol. The number of anilines is 1. The number of carbonyl (C=O) groups excluding carboxylic acids is 3. The Kier molecular flexibility index (Phi) is 22.3. The Morgan fingerprint density at radius 3 is 2.41 bits per heavy atom. The van der Waals surface area contributed by atoms with Crippen molar-refractivity contribution >= 4 is 69.1 Å². The molecule has 362 valence electrons. The van der Waals surface area contributed by atoms with E-state index in [2.05, 4.69) is 47.4 Å². The third-order valence-electron chi connectivity index (χ3n) is 9.20. The summed E-state index contributed by atoms with van der Waals surface area (Å²) in [5.41, 5.74) is 4.25. The van der Waals surface area contributed by atoms with E-state index in [4.69, 9.17) is 19.5 Å². The number of aliphatic hydroxyl groups excluding tert-OH is 3. The topological polar surface area (TPSA) is 384 Å². The van der Waals surface area contributed by atoms with Crippen molar-refractivity contribution < 1.29 is 85.6 Å². The molecule has 1 aliphatic heterocycles. The molecule has 0 saturated carbocycles. The molecule has 2 aromatic rings. The zero-order valence-corrected chi connectivity index (χ0v) is 38.9. The normalized spacial score (nSPS) is 21.2. The smallest absolute Gasteiger partial charge is 0.393 e. The number of nitrogens with zero attached hydrogens (tertiary/aromatic N) is 4. The van der Waals surface area contributed by atoms with Gasteiger partial charge in [-0.3, -0.25) is 32.5 Å². The molecule has 2 amide bonds. The fourth-order valence-electron chi connectivity index (χ4n) is 5.78. The van der Waals surface area contributed by atoms with Gasteiger partial charge in [-0.05, 0) is 25.7 Å². The molecule has 0 aromatic carbocycles. The van der Waals surface area contributed by atoms with Crippen molar-refractivity contribution in [3.8, 4) is 0 Å². The van der Waals surface area contributed by atoms with E-state index in [0.29, 0.717) is 25.0 Å². The highest BCUT2D eigenvalue weighted by Gasteiger charge is 2.50. The molecule has 1 fully saturated rings. The number of hydrogen-bond acceptors (Lipinski definition) is 19. The third kappa shape index (κ3) is 19.1. The van der Waals surface area contributed by atoms with Crippen LogP contribution in [0.15, 0.2) is 37.0 Å². The van der Waals surface area contributed by atoms with Gasteiger partial charge in [0.1, 0.15) is 36.3 Å². The number of thioether (sulfide) groups is 1. The lowest BCUT2D eigenvalue weighted by atomic mass is 9.87. The van der Waals surface area contributed by atoms with Gasteiger partial charge in [0.25, 0.3) is 0 Å². The van der Waals surface area contributed by atoms with Crippen molar-refractivity contribution in [3.63, 3.8) is 0 Å². The lowest BCUT2D eigenvalue weighted by molar-refractivity contribution is -0.137. The highest BCUT2D eigenvalue weighted by Crippen LogP contribution is 2.61. The summed E-state index contributed by atoms with van der Waals surface area (Å²) >= 11 is 1.05. The molecular formula is C35H58N7O18P3S. The number of allylic oxidation sites excluding steroid dienone is 3. The van der Waals surface area contributed by atoms with Crippen molar-refractivity contribution in [1.82, 2.24) is 30.2 Å². The number of phosphoric ester groups is 3. The van der Waals surface area contributed by atoms with E-state index in [1.165, 1.54) is 13.8 Å². The van der Waals surface area contributed by atoms with E-state index in [9.17, 15) is 63.0 Å². The van der Waals surface area contributed by atoms with E-state index in [1.54, 1.807) is 0 Å². The number of ether oxygens (including phenoxy) is 1. The van der Waals surface area contributed by atoms with E-state index in [-0.39, 0.29) is 48.0 Å². The summed E-state index contributed by atoms with van der Waals surface area (Å²) in [6.45, 7) is 2.54. The standard InChI is InChI=1S/C35H58N7O18P3S/c1-4-5-6-7-8-9-10-12-23(43)13-11-14-26(45)64-18-17-37-25(44)15-16-38-33(48)30(47)35(2,3)20-57-63(54,55)60-62(52,53)56-19-24-29(59-61(49,50)51)28(46)34(58-24)42-22-41-27-31(36)39-21-40-32(27)42/h7-10,21-24,28-30,34,43,46-47H,4-6,11-20H2,1-3H3,(H,37,44)(H,38,48)(H,52,53)(H,54,55)(H2,36,39,40)(H2,49,50,51)/b8-7+,10-9+. The molecule has 1 saturated heterocycles. The summed E-state index contributed by atoms with van der Waals surface area (Å²) in [7, 11) is -16.4. The summed E-state index contributed by atoms with van der Waals surface area (Å²) < 4.78 is 62.3. The van der Waals surface area contributed by atoms with Gasteiger partial charge in [-0.25, -0.2) is 28.6 Å². The molecule has 8 atom stereocenters. The number of rotatable bonds is 29. The van der Waals surface area contributed by atoms with Gasteiger partial charge < -0.3 is 56.0 Å². The van der Waals surface area contributed by atoms with Crippen molar-refractivity contribution in [2.75, 3.05) is 37.8 Å². The van der Waals surface area contributed by atoms with Crippen LogP contribution in [0.5, 0.6) is 0 Å². The average Bonchev–Trinajstić information content (AvgIpc) is 3.77. The Hall–Kier alpha value is -3.00. The molecule has 3 rings (SSSR count). The lowest BCUT2D eigenvalue weighted by Crippen LogP contribution is -2.46. The summed E-state index contributed by atoms with van der Waals surface area (Å²) in [6, 6.07) is 0. The van der Waals surface area contributed by atoms with Crippen LogP contribution >= 0.6 is 35.2 Å². The van der Waals surface area contributed by atoms with Crippen molar-refractivity contribution in [2.45, 2.75) is 109 Å². The fraction of sp³-hybridized carbons (Fsp3) is 0.657. The van der Waals surface area contributed by atoms with Gasteiger partial charge in [0.2, 0.25) is 11.8 Å². The molecule has 25 nitrogen and oxygen atoms in total. The van der Waals surface area contributed by atoms with E-state index < -0.39 is 90.7 Å². The molecular weight excluding hydrogens is 931 g/mol. The second-order valence-corrected chi connectivity index (χ2v) is 20.5. The van der Waals surface area contributed by atoms with E-state index in [1.807, 2.05) is 18.2 Å². The minimum Gasteiger partial charge on any atom is -0.393 e. The maximum atomic E-state index is 12.7. The molecule has 0 bridgehead atoms. The third-order valence-corrected chi connectivity index (χ3v) is 13.2. The highest BCUT2D eigenvalue weighted by molar-refractivity contribution is 8.13. The van der Waals surface area contributed by atoms with E-state index in [0.717, 1.165) is 48.2 Å². The van der Waals surface area contributed by atoms with Crippen LogP contribution in [0.1, 0.15) is 78.4 Å². The van der Waals surface area contributed by atoms with Crippen LogP contribution in [0.2, 0.25) is 0 Å². The molecule has 2 aromatic heterocycles. The summed E-state index contributed by atoms with van der Waals surface area (Å²) in [5.74, 6) is -1.18. The molecule has 3 heterocycles. The Labute approximate surface area is 373 Å². The van der Waals surface area contributed by atoms with Crippen LogP contribution in [0.25, 0.3) is 11.2 Å². The first-order chi connectivity index (χ1) is 29.9. The van der Waals surface area contributed by atoms with Gasteiger partial charge >= 0.3 is 23.5 Å². The van der Waals surface area contributed by atoms with Crippen LogP contribution in [0, 0.1) is 5.41 Å². The molecule has 1 aliphatic rings. The molecule has 29 heteroatoms. The minimum absolute atomic E-state index is 0.0265. The zero-order chi connectivity index (χ0) is 47.7. The van der Waals surface area contributed by atoms with Gasteiger partial charge in [-0.1, -0.05) is 69.7 Å². The molecule has 64 heavy (non-hydrogen) atoms. The molecule has 0 radical (unpaired) electrons. The second kappa shape index (κ2) is 25.8. The minimum atomic E-state index is -5.58. The van der Waals surface area contributed by atoms with Crippen molar-refractivity contribution in [2.24, 2.45) is 5.41 Å². The number of nitrogen functional groups attached to an aromatic ring is 1. The molecule has 8 unspecified atom stereocenters. The molecule has 0 spiro atoms. The van der Waals surface area contributed by atoms with Crippen LogP contribution in [0.3, 0.4) is 0 Å². The average molecular weight is 990 g/mol. The van der Waals surface area contributed by atoms with Gasteiger partial charge in [-0.15, -0.1) is 0 Å². The number of fused-ring (bicyclic) bond motifs is 1. The number of nitrogens with one attached hydrogen (secondary N) is 2. The second-order valence-electron chi connectivity index (χ2n) is 15.1. The summed E-state index contributed by atoms with van der Waals surface area (Å²) in [5, 5.41) is 36.5. The summed E-state index contributed by atoms with van der Waals surface area (Å²) in [6.07, 6.45) is 5.37. The number of aliphatic hydroxyl groups is 3. The van der Waals surface area contributed by atoms with Gasteiger partial charge in [-0.2, -0.15) is 4.31 Å². The first kappa shape index (κ1) is 55.3. The number of aromatic nitrogens is 4. The number of unbranched alkanes of at least 4 members (excludes halogenated alkanes) is 2. The van der Waals surface area contributed by atoms with Crippen molar-refractivity contribution in [3.05, 3.63) is 37.0 Å². The highest BCUT2D eigenvalue weighted by atomic mass is 32.2. The lowest BCUT2D eigenvalue weighted by Gasteiger charge is -2.30. The maximum absolute atomic E-state index is 12.7. The number of nitrogens with two attached hydrogens (primary N) is 1. The Bertz CT molecular complexity index is 2060. The Morgan fingerprint density at radius 2 is 1.70 bits per heavy atom. The van der Waals surface area contributed by atoms with Crippen LogP contribution in [-0.4, -0.2) is 134 Å². The molecule has 11 N–H and O–H groups in total. The first-order valence-electron chi connectivity index (χ1n) is 20.0. The van der Waals surface area contributed by atoms with Gasteiger partial charge in [0.15, 0.2) is 22.8 Å². The van der Waals surface area contributed by atoms with Gasteiger partial charge in [0.05, 0.1) is 25.6 Å². The Morgan fingerprint density at radius 1 is 1.00 bits per heavy atom. The SMILES string of the molecule is CCCC/C=C/C=C/CC(O)CCCC(=O)SCCNC(=O)CCNC(=O)C(O)C(C)(C)COP(=O)(O)OP(=O)(O)OCC1OC(n2cnc3c(N)ncnc32)C(O)C1OP(=O)(O)O. The van der Waals surface area contributed by atoms with E-state index >= 15 is 0 Å². The first-order valence-corrected chi connectivity index (χ1v) is 25.5. The predicted molar refractivity (Wildman–Crippen MR) is 229 cm³/mol. The van der Waals surface area contributed by atoms with Crippen LogP contribution < -0.4 is 16.4 Å². The van der Waals surface area contributed by atoms with Crippen LogP contribution in [-0.2, 0) is 50.7 Å². The number of carbonyl (C=O) groups is 3. The zero-order valence-electron chi connectivity index (χ0n) is 35.4. The Balaban J connectivity index is 1.37. The predicted octanol–water partition coefficient (Wildman–Crippen LogP) is 1.89. The fourth-order valence-corrected chi connectivity index (χ4v) is 9.33. The quantitative estimate of drug-likeness (QED) is 0.0316. The van der Waals surface area contributed by atoms with Crippen LogP contribution in [0.4, 0.5) is 5.82 Å². The largest absolute Gasteiger partial charge is 0.481 e. The maximum Gasteiger partial charge on any atom is 0.481 e. The number of imidazole rings is 1.